The van der Waals surface area contributed by atoms with E-state index < -0.39 is 0 Å². The Labute approximate surface area is 264 Å². The van der Waals surface area contributed by atoms with Gasteiger partial charge < -0.3 is 8.98 Å². The topological polar surface area (TPSA) is 18.1 Å². The molecule has 8 aromatic carbocycles. The lowest BCUT2D eigenvalue weighted by Gasteiger charge is -2.13. The third kappa shape index (κ3) is 3.05. The Morgan fingerprint density at radius 1 is 0.348 bits per heavy atom. The van der Waals surface area contributed by atoms with Crippen molar-refractivity contribution < 1.29 is 4.42 Å². The third-order valence-corrected chi connectivity index (χ3v) is 10.1. The summed E-state index contributed by atoms with van der Waals surface area (Å²) in [5.74, 6) is 0. The van der Waals surface area contributed by atoms with Crippen molar-refractivity contribution in [3.8, 4) is 39.1 Å². The zero-order valence-electron chi connectivity index (χ0n) is 24.8. The second-order valence-corrected chi connectivity index (χ2v) is 12.4. The van der Waals surface area contributed by atoms with Crippen LogP contribution in [-0.4, -0.2) is 4.57 Å². The van der Waals surface area contributed by atoms with Gasteiger partial charge in [0.2, 0.25) is 0 Å². The predicted octanol–water partition coefficient (Wildman–Crippen LogP) is 12.3. The van der Waals surface area contributed by atoms with E-state index in [-0.39, 0.29) is 0 Å². The fourth-order valence-corrected chi connectivity index (χ4v) is 8.25. The van der Waals surface area contributed by atoms with Gasteiger partial charge in [0.15, 0.2) is 0 Å². The highest BCUT2D eigenvalue weighted by molar-refractivity contribution is 6.28. The van der Waals surface area contributed by atoms with Crippen molar-refractivity contribution in [1.29, 1.82) is 0 Å². The van der Waals surface area contributed by atoms with Gasteiger partial charge in [-0.15, -0.1) is 0 Å². The molecule has 46 heavy (non-hydrogen) atoms. The van der Waals surface area contributed by atoms with Gasteiger partial charge in [-0.2, -0.15) is 0 Å². The predicted molar refractivity (Wildman–Crippen MR) is 193 cm³/mol. The molecule has 0 aliphatic heterocycles. The zero-order valence-corrected chi connectivity index (χ0v) is 24.8. The van der Waals surface area contributed by atoms with Gasteiger partial charge in [-0.25, -0.2) is 0 Å². The Kier molecular flexibility index (Phi) is 4.61. The normalized spacial score (nSPS) is 12.3. The molecule has 0 saturated heterocycles. The van der Waals surface area contributed by atoms with Crippen molar-refractivity contribution in [1.82, 2.24) is 4.57 Å². The summed E-state index contributed by atoms with van der Waals surface area (Å²) >= 11 is 0. The molecule has 1 aliphatic carbocycles. The van der Waals surface area contributed by atoms with Gasteiger partial charge in [0, 0.05) is 27.2 Å². The van der Waals surface area contributed by atoms with Crippen molar-refractivity contribution in [3.63, 3.8) is 0 Å². The number of para-hydroxylation sites is 2. The highest BCUT2D eigenvalue weighted by Gasteiger charge is 2.23. The lowest BCUT2D eigenvalue weighted by Crippen LogP contribution is -1.94. The van der Waals surface area contributed by atoms with Crippen molar-refractivity contribution in [2.24, 2.45) is 0 Å². The first-order valence-corrected chi connectivity index (χ1v) is 15.9. The molecule has 2 nitrogen and oxygen atoms in total. The molecule has 0 amide bonds. The maximum absolute atomic E-state index is 6.25. The maximum Gasteiger partial charge on any atom is 0.136 e. The number of hydrogen-bond acceptors (Lipinski definition) is 1. The highest BCUT2D eigenvalue weighted by Crippen LogP contribution is 2.49. The van der Waals surface area contributed by atoms with Gasteiger partial charge in [-0.1, -0.05) is 109 Å². The molecule has 2 aromatic heterocycles. The van der Waals surface area contributed by atoms with Gasteiger partial charge in [-0.3, -0.25) is 0 Å². The SMILES string of the molecule is c1cc(-c2ccc3c4c(cccc24)-c2ccccc2-3)cc(-n2c3ccccc3c3c4ccc5oc6ccccc6c5c4ccc32)c1. The van der Waals surface area contributed by atoms with Crippen LogP contribution in [0.4, 0.5) is 0 Å². The van der Waals surface area contributed by atoms with E-state index in [0.29, 0.717) is 0 Å². The Bertz CT molecular complexity index is 2890. The molecular weight excluding hydrogens is 558 g/mol. The quantitative estimate of drug-likeness (QED) is 0.198. The average molecular weight is 584 g/mol. The fraction of sp³-hybridized carbons (Fsp3) is 0. The summed E-state index contributed by atoms with van der Waals surface area (Å²) in [7, 11) is 0. The van der Waals surface area contributed by atoms with E-state index in [1.165, 1.54) is 82.1 Å². The van der Waals surface area contributed by atoms with E-state index in [1.54, 1.807) is 0 Å². The first-order valence-electron chi connectivity index (χ1n) is 15.9. The monoisotopic (exact) mass is 583 g/mol. The number of aromatic nitrogens is 1. The number of rotatable bonds is 2. The largest absolute Gasteiger partial charge is 0.456 e. The number of hydrogen-bond donors (Lipinski definition) is 0. The summed E-state index contributed by atoms with van der Waals surface area (Å²) in [6.45, 7) is 0. The second kappa shape index (κ2) is 8.74. The molecule has 2 heteroatoms. The number of fused-ring (bicyclic) bond motifs is 12. The first kappa shape index (κ1) is 24.2. The minimum Gasteiger partial charge on any atom is -0.456 e. The highest BCUT2D eigenvalue weighted by atomic mass is 16.3. The van der Waals surface area contributed by atoms with Crippen molar-refractivity contribution in [2.45, 2.75) is 0 Å². The molecule has 0 fully saturated rings. The Hall–Kier alpha value is -6.12. The number of furan rings is 1. The fourth-order valence-electron chi connectivity index (χ4n) is 8.25. The van der Waals surface area contributed by atoms with Gasteiger partial charge in [0.1, 0.15) is 11.2 Å². The Balaban J connectivity index is 1.17. The zero-order chi connectivity index (χ0) is 29.9. The minimum absolute atomic E-state index is 0.927. The van der Waals surface area contributed by atoms with Crippen LogP contribution in [0.2, 0.25) is 0 Å². The molecule has 10 aromatic rings. The molecule has 0 atom stereocenters. The molecule has 11 rings (SSSR count). The molecular formula is C44H25NO. The second-order valence-electron chi connectivity index (χ2n) is 12.4. The molecule has 0 saturated carbocycles. The molecule has 0 N–H and O–H groups in total. The van der Waals surface area contributed by atoms with Crippen molar-refractivity contribution in [2.75, 3.05) is 0 Å². The summed E-state index contributed by atoms with van der Waals surface area (Å²) < 4.78 is 8.68. The van der Waals surface area contributed by atoms with Gasteiger partial charge >= 0.3 is 0 Å². The van der Waals surface area contributed by atoms with E-state index >= 15 is 0 Å². The number of nitrogens with zero attached hydrogens (tertiary/aromatic N) is 1. The maximum atomic E-state index is 6.25. The van der Waals surface area contributed by atoms with E-state index in [1.807, 2.05) is 6.07 Å². The van der Waals surface area contributed by atoms with Gasteiger partial charge in [0.05, 0.1) is 11.0 Å². The van der Waals surface area contributed by atoms with Crippen LogP contribution in [0.15, 0.2) is 156 Å². The standard InChI is InChI=1S/C44H25NO/c1-2-12-30-29(11-1)32-16-8-15-31-28(19-20-33(30)42(31)32)26-9-7-10-27(25-26)45-38-17-5-3-13-36(38)43-34-22-24-41-44(35(34)21-23-39(43)45)37-14-4-6-18-40(37)46-41/h1-25H. The summed E-state index contributed by atoms with van der Waals surface area (Å²) in [6, 6.07) is 55.3. The molecule has 0 radical (unpaired) electrons. The van der Waals surface area contributed by atoms with Crippen LogP contribution < -0.4 is 0 Å². The van der Waals surface area contributed by atoms with Crippen LogP contribution in [0, 0.1) is 0 Å². The Morgan fingerprint density at radius 2 is 1.02 bits per heavy atom. The molecule has 1 aliphatic rings. The van der Waals surface area contributed by atoms with E-state index in [2.05, 4.69) is 150 Å². The molecule has 0 unspecified atom stereocenters. The average Bonchev–Trinajstić information content (AvgIpc) is 3.77. The summed E-state index contributed by atoms with van der Waals surface area (Å²) in [5, 5.41) is 9.99. The summed E-state index contributed by atoms with van der Waals surface area (Å²) in [4.78, 5) is 0. The van der Waals surface area contributed by atoms with Crippen LogP contribution in [0.25, 0.3) is 104 Å². The van der Waals surface area contributed by atoms with Crippen LogP contribution in [0.5, 0.6) is 0 Å². The lowest BCUT2D eigenvalue weighted by atomic mass is 9.94. The van der Waals surface area contributed by atoms with Gasteiger partial charge in [0.25, 0.3) is 0 Å². The van der Waals surface area contributed by atoms with E-state index in [4.69, 9.17) is 4.42 Å². The molecule has 0 spiro atoms. The van der Waals surface area contributed by atoms with E-state index in [0.717, 1.165) is 22.2 Å². The lowest BCUT2D eigenvalue weighted by molar-refractivity contribution is 0.669. The van der Waals surface area contributed by atoms with Crippen molar-refractivity contribution in [3.05, 3.63) is 152 Å². The molecule has 212 valence electrons. The van der Waals surface area contributed by atoms with Crippen molar-refractivity contribution >= 4 is 65.3 Å². The van der Waals surface area contributed by atoms with Crippen LogP contribution >= 0.6 is 0 Å². The van der Waals surface area contributed by atoms with Crippen LogP contribution in [0.3, 0.4) is 0 Å². The Morgan fingerprint density at radius 3 is 1.93 bits per heavy atom. The summed E-state index contributed by atoms with van der Waals surface area (Å²) in [5.41, 5.74) is 13.2. The first-order chi connectivity index (χ1) is 22.8. The van der Waals surface area contributed by atoms with Crippen LogP contribution in [0.1, 0.15) is 0 Å². The third-order valence-electron chi connectivity index (χ3n) is 10.1. The smallest absolute Gasteiger partial charge is 0.136 e. The number of benzene rings is 8. The molecule has 0 bridgehead atoms. The summed E-state index contributed by atoms with van der Waals surface area (Å²) in [6.07, 6.45) is 0. The van der Waals surface area contributed by atoms with Gasteiger partial charge in [-0.05, 0) is 97.4 Å². The van der Waals surface area contributed by atoms with E-state index in [9.17, 15) is 0 Å². The molecule has 2 heterocycles. The van der Waals surface area contributed by atoms with Crippen LogP contribution in [-0.2, 0) is 0 Å². The minimum atomic E-state index is 0.927.